The molecule has 200 valence electrons. The van der Waals surface area contributed by atoms with Crippen molar-refractivity contribution in [2.24, 2.45) is 11.8 Å². The summed E-state index contributed by atoms with van der Waals surface area (Å²) >= 11 is 7.09. The van der Waals surface area contributed by atoms with E-state index < -0.39 is 19.0 Å². The van der Waals surface area contributed by atoms with Crippen LogP contribution in [-0.4, -0.2) is 13.5 Å². The quantitative estimate of drug-likeness (QED) is 0.141. The van der Waals surface area contributed by atoms with Crippen LogP contribution in [0, 0.1) is 23.5 Å². The predicted octanol–water partition coefficient (Wildman–Crippen LogP) is 10.8. The van der Waals surface area contributed by atoms with Crippen molar-refractivity contribution >= 4 is 18.5 Å². The van der Waals surface area contributed by atoms with Gasteiger partial charge in [0.1, 0.15) is 0 Å². The smallest absolute Gasteiger partial charge is 0.191 e. The molecule has 2 aliphatic rings. The molecule has 1 aromatic carbocycles. The minimum Gasteiger partial charge on any atom is -0.485 e. The number of ether oxygens (including phenoxy) is 1. The monoisotopic (exact) mass is 526 g/mol. The van der Waals surface area contributed by atoms with E-state index in [4.69, 9.17) is 15.8 Å². The molecule has 1 atom stereocenters. The number of hydrogen-bond acceptors (Lipinski definition) is 1. The SMILES string of the molecule is CCCCCCC(C)Oc1c(F)cc(C2CCC(C3CC[Si](Cl)(CCCCC)CC3)CC2)cc1F. The molecule has 1 aromatic rings. The number of halogens is 3. The van der Waals surface area contributed by atoms with E-state index in [9.17, 15) is 8.78 Å². The lowest BCUT2D eigenvalue weighted by molar-refractivity contribution is 0.187. The molecule has 1 aliphatic carbocycles. The van der Waals surface area contributed by atoms with Crippen LogP contribution in [0.3, 0.4) is 0 Å². The van der Waals surface area contributed by atoms with Crippen molar-refractivity contribution in [3.05, 3.63) is 29.3 Å². The zero-order valence-corrected chi connectivity index (χ0v) is 24.3. The first kappa shape index (κ1) is 29.0. The van der Waals surface area contributed by atoms with Crippen LogP contribution >= 0.6 is 11.1 Å². The topological polar surface area (TPSA) is 9.23 Å². The normalized spacial score (nSPS) is 28.1. The molecule has 1 nitrogen and oxygen atoms in total. The van der Waals surface area contributed by atoms with Crippen molar-refractivity contribution in [2.45, 2.75) is 141 Å². The molecule has 0 spiro atoms. The van der Waals surface area contributed by atoms with E-state index in [0.717, 1.165) is 49.5 Å². The Labute approximate surface area is 219 Å². The maximum atomic E-state index is 14.8. The molecule has 0 amide bonds. The van der Waals surface area contributed by atoms with Crippen LogP contribution in [0.5, 0.6) is 5.75 Å². The minimum atomic E-state index is -1.51. The van der Waals surface area contributed by atoms with Crippen molar-refractivity contribution in [1.29, 1.82) is 0 Å². The Hall–Kier alpha value is -0.613. The highest BCUT2D eigenvalue weighted by Gasteiger charge is 2.39. The molecule has 1 saturated heterocycles. The largest absolute Gasteiger partial charge is 0.485 e. The minimum absolute atomic E-state index is 0.172. The van der Waals surface area contributed by atoms with Gasteiger partial charge in [-0.2, -0.15) is 11.1 Å². The lowest BCUT2D eigenvalue weighted by Gasteiger charge is -2.40. The molecular formula is C30H49ClF2OSi. The van der Waals surface area contributed by atoms with E-state index in [1.807, 2.05) is 6.92 Å². The average Bonchev–Trinajstić information content (AvgIpc) is 2.85. The van der Waals surface area contributed by atoms with Gasteiger partial charge in [-0.1, -0.05) is 65.2 Å². The average molecular weight is 527 g/mol. The van der Waals surface area contributed by atoms with Crippen molar-refractivity contribution in [2.75, 3.05) is 0 Å². The highest BCUT2D eigenvalue weighted by Crippen LogP contribution is 2.47. The third-order valence-corrected chi connectivity index (χ3v) is 14.2. The molecule has 35 heavy (non-hydrogen) atoms. The van der Waals surface area contributed by atoms with Gasteiger partial charge in [0.2, 0.25) is 0 Å². The van der Waals surface area contributed by atoms with Gasteiger partial charge in [-0.05, 0) is 99.0 Å². The standard InChI is InChI=1S/C30H49ClF2OSi/c1-4-6-8-9-11-23(3)34-30-28(32)21-27(22-29(30)33)25-14-12-24(13-15-25)26-16-19-35(31,20-17-26)18-10-7-5-2/h21-26H,4-20H2,1-3H3. The van der Waals surface area contributed by atoms with Crippen LogP contribution < -0.4 is 4.74 Å². The maximum Gasteiger partial charge on any atom is 0.191 e. The van der Waals surface area contributed by atoms with Crippen LogP contribution in [-0.2, 0) is 0 Å². The van der Waals surface area contributed by atoms with Gasteiger partial charge in [-0.3, -0.25) is 0 Å². The predicted molar refractivity (Wildman–Crippen MR) is 148 cm³/mol. The summed E-state index contributed by atoms with van der Waals surface area (Å²) in [5.74, 6) is 0.560. The molecule has 0 radical (unpaired) electrons. The molecule has 0 bridgehead atoms. The molecule has 0 aromatic heterocycles. The molecule has 3 rings (SSSR count). The molecule has 2 fully saturated rings. The summed E-state index contributed by atoms with van der Waals surface area (Å²) in [4.78, 5) is 0. The second-order valence-electron chi connectivity index (χ2n) is 11.6. The fourth-order valence-electron chi connectivity index (χ4n) is 6.54. The summed E-state index contributed by atoms with van der Waals surface area (Å²) in [7, 11) is -1.51. The lowest BCUT2D eigenvalue weighted by Crippen LogP contribution is -2.35. The Morgan fingerprint density at radius 3 is 2.03 bits per heavy atom. The summed E-state index contributed by atoms with van der Waals surface area (Å²) in [6.45, 7) is 6.35. The Morgan fingerprint density at radius 1 is 0.857 bits per heavy atom. The third kappa shape index (κ3) is 8.73. The number of unbranched alkanes of at least 4 members (excludes halogenated alkanes) is 5. The molecule has 5 heteroatoms. The van der Waals surface area contributed by atoms with Gasteiger partial charge in [0.25, 0.3) is 0 Å². The van der Waals surface area contributed by atoms with Gasteiger partial charge in [0, 0.05) is 0 Å². The molecule has 1 aliphatic heterocycles. The maximum absolute atomic E-state index is 14.8. The molecule has 1 heterocycles. The molecule has 1 unspecified atom stereocenters. The van der Waals surface area contributed by atoms with Gasteiger partial charge in [0.05, 0.1) is 6.10 Å². The first-order valence-corrected chi connectivity index (χ1v) is 18.3. The highest BCUT2D eigenvalue weighted by molar-refractivity contribution is 7.20. The summed E-state index contributed by atoms with van der Waals surface area (Å²) < 4.78 is 35.4. The highest BCUT2D eigenvalue weighted by atomic mass is 35.6. The van der Waals surface area contributed by atoms with E-state index in [2.05, 4.69) is 13.8 Å². The van der Waals surface area contributed by atoms with Gasteiger partial charge in [-0.15, -0.1) is 0 Å². The zero-order valence-electron chi connectivity index (χ0n) is 22.5. The summed E-state index contributed by atoms with van der Waals surface area (Å²) in [6.07, 6.45) is 16.2. The number of hydrogen-bond donors (Lipinski definition) is 0. The summed E-state index contributed by atoms with van der Waals surface area (Å²) in [6, 6.07) is 6.96. The van der Waals surface area contributed by atoms with Gasteiger partial charge >= 0.3 is 0 Å². The molecule has 0 N–H and O–H groups in total. The molecular weight excluding hydrogens is 478 g/mol. The number of benzene rings is 1. The van der Waals surface area contributed by atoms with Crippen molar-refractivity contribution in [3.8, 4) is 5.75 Å². The van der Waals surface area contributed by atoms with Crippen molar-refractivity contribution in [3.63, 3.8) is 0 Å². The summed E-state index contributed by atoms with van der Waals surface area (Å²) in [5.41, 5.74) is 0.813. The lowest BCUT2D eigenvalue weighted by atomic mass is 9.72. The van der Waals surface area contributed by atoms with Crippen LogP contribution in [0.15, 0.2) is 12.1 Å². The Balaban J connectivity index is 1.47. The van der Waals surface area contributed by atoms with Crippen molar-refractivity contribution < 1.29 is 13.5 Å². The Bertz CT molecular complexity index is 734. The second-order valence-corrected chi connectivity index (χ2v) is 17.9. The van der Waals surface area contributed by atoms with Crippen LogP contribution in [0.4, 0.5) is 8.78 Å². The zero-order chi connectivity index (χ0) is 25.3. The van der Waals surface area contributed by atoms with Crippen LogP contribution in [0.25, 0.3) is 0 Å². The third-order valence-electron chi connectivity index (χ3n) is 8.87. The first-order chi connectivity index (χ1) is 16.8. The van der Waals surface area contributed by atoms with Gasteiger partial charge in [0.15, 0.2) is 24.8 Å². The van der Waals surface area contributed by atoms with Crippen molar-refractivity contribution in [1.82, 2.24) is 0 Å². The van der Waals surface area contributed by atoms with E-state index in [-0.39, 0.29) is 17.8 Å². The second kappa shape index (κ2) is 14.4. The fraction of sp³-hybridized carbons (Fsp3) is 0.800. The van der Waals surface area contributed by atoms with Gasteiger partial charge in [-0.25, -0.2) is 8.78 Å². The number of rotatable bonds is 13. The van der Waals surface area contributed by atoms with Crippen LogP contribution in [0.1, 0.15) is 122 Å². The summed E-state index contributed by atoms with van der Waals surface area (Å²) in [5, 5.41) is 0. The van der Waals surface area contributed by atoms with E-state index in [1.165, 1.54) is 88.1 Å². The van der Waals surface area contributed by atoms with Gasteiger partial charge < -0.3 is 4.74 Å². The Kier molecular flexibility index (Phi) is 11.9. The Morgan fingerprint density at radius 2 is 1.43 bits per heavy atom. The fourth-order valence-corrected chi connectivity index (χ4v) is 11.0. The molecule has 1 saturated carbocycles. The van der Waals surface area contributed by atoms with Crippen LogP contribution in [0.2, 0.25) is 18.1 Å². The first-order valence-electron chi connectivity index (χ1n) is 14.7. The van der Waals surface area contributed by atoms with E-state index in [1.54, 1.807) is 0 Å². The van der Waals surface area contributed by atoms with E-state index >= 15 is 0 Å². The van der Waals surface area contributed by atoms with E-state index in [0.29, 0.717) is 0 Å².